The second kappa shape index (κ2) is 13.3. The van der Waals surface area contributed by atoms with Crippen LogP contribution in [0.3, 0.4) is 0 Å². The van der Waals surface area contributed by atoms with Gasteiger partial charge >= 0.3 is 6.09 Å². The summed E-state index contributed by atoms with van der Waals surface area (Å²) in [5.41, 5.74) is 4.42. The van der Waals surface area contributed by atoms with Gasteiger partial charge in [0.05, 0.1) is 48.3 Å². The summed E-state index contributed by atoms with van der Waals surface area (Å²) >= 11 is 0. The molecule has 0 radical (unpaired) electrons. The number of fused-ring (bicyclic) bond motifs is 1. The SMILES string of the molecule is COc1ccc([C@@H](C)N2C[C@H]([C@@H](C)Oc3nc(-c4ccc(N5CCN(C(=O)OC(C)(C)C)CC5)cn4)cc4ncn(C)c34)CC2=O)cc1. The van der Waals surface area contributed by atoms with Crippen molar-refractivity contribution in [1.29, 1.82) is 0 Å². The monoisotopic (exact) mass is 655 g/mol. The Bertz CT molecular complexity index is 1760. The van der Waals surface area contributed by atoms with Crippen LogP contribution in [0.25, 0.3) is 22.4 Å². The van der Waals surface area contributed by atoms with Crippen molar-refractivity contribution in [3.63, 3.8) is 0 Å². The number of amides is 2. The van der Waals surface area contributed by atoms with Crippen molar-refractivity contribution in [2.24, 2.45) is 13.0 Å². The van der Waals surface area contributed by atoms with E-state index in [2.05, 4.69) is 16.8 Å². The molecule has 3 atom stereocenters. The Balaban J connectivity index is 1.14. The number of methoxy groups -OCH3 is 1. The zero-order valence-corrected chi connectivity index (χ0v) is 28.8. The van der Waals surface area contributed by atoms with Gasteiger partial charge in [-0.3, -0.25) is 9.78 Å². The molecule has 4 aromatic rings. The first-order valence-corrected chi connectivity index (χ1v) is 16.5. The summed E-state index contributed by atoms with van der Waals surface area (Å²) in [6.07, 6.45) is 3.45. The van der Waals surface area contributed by atoms with Gasteiger partial charge in [0.15, 0.2) is 0 Å². The number of aromatic nitrogens is 4. The summed E-state index contributed by atoms with van der Waals surface area (Å²) in [5, 5.41) is 0. The third-order valence-corrected chi connectivity index (χ3v) is 9.19. The summed E-state index contributed by atoms with van der Waals surface area (Å²) in [4.78, 5) is 45.8. The molecular weight excluding hydrogens is 610 g/mol. The lowest BCUT2D eigenvalue weighted by atomic mass is 10.0. The normalized spacial score (nSPS) is 18.3. The standard InChI is InChI=1S/C36H45N7O5/c1-23(25-8-11-28(46-7)12-9-25)43-21-26(18-32(43)44)24(2)47-34-33-31(38-22-40(33)6)19-30(39-34)29-13-10-27(20-37-29)41-14-16-42(17-15-41)35(45)48-36(3,4)5/h8-13,19-20,22-24,26H,14-18,21H2,1-7H3/t23-,24-,26-/m1/s1. The van der Waals surface area contributed by atoms with E-state index in [1.807, 2.05) is 92.9 Å². The number of imidazole rings is 1. The van der Waals surface area contributed by atoms with Crippen molar-refractivity contribution in [3.05, 3.63) is 60.6 Å². The number of carbonyl (C=O) groups excluding carboxylic acids is 2. The van der Waals surface area contributed by atoms with Gasteiger partial charge in [-0.1, -0.05) is 12.1 Å². The highest BCUT2D eigenvalue weighted by Crippen LogP contribution is 2.34. The fraction of sp³-hybridized carbons (Fsp3) is 0.472. The molecule has 0 unspecified atom stereocenters. The minimum atomic E-state index is -0.517. The van der Waals surface area contributed by atoms with Crippen LogP contribution in [0.2, 0.25) is 0 Å². The Hall–Kier alpha value is -4.87. The lowest BCUT2D eigenvalue weighted by molar-refractivity contribution is -0.129. The highest BCUT2D eigenvalue weighted by molar-refractivity contribution is 5.84. The molecule has 0 bridgehead atoms. The van der Waals surface area contributed by atoms with Crippen LogP contribution in [-0.2, 0) is 16.6 Å². The van der Waals surface area contributed by atoms with E-state index >= 15 is 0 Å². The van der Waals surface area contributed by atoms with E-state index < -0.39 is 5.60 Å². The molecule has 2 aliphatic rings. The van der Waals surface area contributed by atoms with Gasteiger partial charge < -0.3 is 33.5 Å². The molecule has 0 spiro atoms. The van der Waals surface area contributed by atoms with Crippen LogP contribution in [0.15, 0.2) is 55.0 Å². The number of piperazine rings is 1. The molecule has 12 heteroatoms. The highest BCUT2D eigenvalue weighted by Gasteiger charge is 2.37. The van der Waals surface area contributed by atoms with Gasteiger partial charge in [-0.15, -0.1) is 0 Å². The van der Waals surface area contributed by atoms with Gasteiger partial charge in [0.2, 0.25) is 11.8 Å². The number of hydrogen-bond donors (Lipinski definition) is 0. The Labute approximate surface area is 281 Å². The van der Waals surface area contributed by atoms with Crippen molar-refractivity contribution in [2.75, 3.05) is 44.7 Å². The van der Waals surface area contributed by atoms with Crippen molar-refractivity contribution >= 4 is 28.7 Å². The maximum Gasteiger partial charge on any atom is 0.410 e. The molecule has 3 aromatic heterocycles. The highest BCUT2D eigenvalue weighted by atomic mass is 16.6. The molecule has 254 valence electrons. The minimum absolute atomic E-state index is 0.000117. The van der Waals surface area contributed by atoms with Crippen LogP contribution in [0.4, 0.5) is 10.5 Å². The quantitative estimate of drug-likeness (QED) is 0.244. The Morgan fingerprint density at radius 2 is 1.71 bits per heavy atom. The van der Waals surface area contributed by atoms with Gasteiger partial charge in [-0.2, -0.15) is 0 Å². The summed E-state index contributed by atoms with van der Waals surface area (Å²) in [6, 6.07) is 13.7. The molecule has 0 aliphatic carbocycles. The topological polar surface area (TPSA) is 115 Å². The van der Waals surface area contributed by atoms with E-state index in [0.717, 1.165) is 28.0 Å². The fourth-order valence-electron chi connectivity index (χ4n) is 6.33. The number of nitrogens with zero attached hydrogens (tertiary/aromatic N) is 7. The number of rotatable bonds is 8. The largest absolute Gasteiger partial charge is 0.497 e. The molecule has 0 saturated carbocycles. The van der Waals surface area contributed by atoms with Crippen LogP contribution < -0.4 is 14.4 Å². The molecule has 1 aromatic carbocycles. The Kier molecular flexibility index (Phi) is 9.18. The number of carbonyl (C=O) groups is 2. The zero-order valence-electron chi connectivity index (χ0n) is 28.8. The van der Waals surface area contributed by atoms with Crippen LogP contribution in [0, 0.1) is 5.92 Å². The number of likely N-dealkylation sites (tertiary alicyclic amines) is 1. The fourth-order valence-corrected chi connectivity index (χ4v) is 6.33. The van der Waals surface area contributed by atoms with E-state index in [-0.39, 0.29) is 30.1 Å². The molecule has 2 aliphatic heterocycles. The molecule has 2 amide bonds. The third-order valence-electron chi connectivity index (χ3n) is 9.19. The summed E-state index contributed by atoms with van der Waals surface area (Å²) in [7, 11) is 3.56. The molecule has 12 nitrogen and oxygen atoms in total. The molecule has 0 N–H and O–H groups in total. The first-order chi connectivity index (χ1) is 22.9. The minimum Gasteiger partial charge on any atom is -0.497 e. The number of ether oxygens (including phenoxy) is 3. The van der Waals surface area contributed by atoms with Crippen LogP contribution >= 0.6 is 0 Å². The number of aryl methyl sites for hydroxylation is 1. The predicted molar refractivity (Wildman–Crippen MR) is 183 cm³/mol. The lowest BCUT2D eigenvalue weighted by Gasteiger charge is -2.36. The lowest BCUT2D eigenvalue weighted by Crippen LogP contribution is -2.50. The maximum atomic E-state index is 13.2. The second-order valence-electron chi connectivity index (χ2n) is 13.7. The zero-order chi connectivity index (χ0) is 34.2. The van der Waals surface area contributed by atoms with E-state index in [1.165, 1.54) is 0 Å². The molecular formula is C36H45N7O5. The maximum absolute atomic E-state index is 13.2. The summed E-state index contributed by atoms with van der Waals surface area (Å²) in [5.74, 6) is 1.37. The smallest absolute Gasteiger partial charge is 0.410 e. The van der Waals surface area contributed by atoms with Crippen molar-refractivity contribution in [1.82, 2.24) is 29.3 Å². The van der Waals surface area contributed by atoms with E-state index in [0.29, 0.717) is 56.4 Å². The second-order valence-corrected chi connectivity index (χ2v) is 13.7. The van der Waals surface area contributed by atoms with Gasteiger partial charge in [0.25, 0.3) is 0 Å². The van der Waals surface area contributed by atoms with Gasteiger partial charge in [0.1, 0.15) is 23.0 Å². The van der Waals surface area contributed by atoms with E-state index in [1.54, 1.807) is 18.3 Å². The molecule has 48 heavy (non-hydrogen) atoms. The van der Waals surface area contributed by atoms with Gasteiger partial charge in [0, 0.05) is 52.1 Å². The first-order valence-electron chi connectivity index (χ1n) is 16.5. The first kappa shape index (κ1) is 33.0. The van der Waals surface area contributed by atoms with Crippen molar-refractivity contribution in [2.45, 2.75) is 58.8 Å². The molecule has 2 saturated heterocycles. The van der Waals surface area contributed by atoms with E-state index in [9.17, 15) is 9.59 Å². The number of benzene rings is 1. The molecule has 2 fully saturated rings. The average molecular weight is 656 g/mol. The van der Waals surface area contributed by atoms with Gasteiger partial charge in [-0.25, -0.2) is 14.8 Å². The summed E-state index contributed by atoms with van der Waals surface area (Å²) < 4.78 is 19.3. The number of hydrogen-bond acceptors (Lipinski definition) is 9. The number of anilines is 1. The predicted octanol–water partition coefficient (Wildman–Crippen LogP) is 5.47. The summed E-state index contributed by atoms with van der Waals surface area (Å²) in [6.45, 7) is 12.8. The van der Waals surface area contributed by atoms with Crippen molar-refractivity contribution in [3.8, 4) is 23.0 Å². The van der Waals surface area contributed by atoms with Crippen LogP contribution in [-0.4, -0.2) is 92.9 Å². The molecule has 5 heterocycles. The Morgan fingerprint density at radius 3 is 2.35 bits per heavy atom. The van der Waals surface area contributed by atoms with Gasteiger partial charge in [-0.05, 0) is 70.5 Å². The number of pyridine rings is 2. The van der Waals surface area contributed by atoms with Crippen LogP contribution in [0.5, 0.6) is 11.6 Å². The van der Waals surface area contributed by atoms with E-state index in [4.69, 9.17) is 24.2 Å². The average Bonchev–Trinajstić information content (AvgIpc) is 3.66. The molecule has 6 rings (SSSR count). The third kappa shape index (κ3) is 7.02. The Morgan fingerprint density at radius 1 is 0.979 bits per heavy atom. The van der Waals surface area contributed by atoms with Crippen molar-refractivity contribution < 1.29 is 23.8 Å². The van der Waals surface area contributed by atoms with Crippen LogP contribution in [0.1, 0.15) is 52.6 Å².